The number of likely N-dealkylation sites (N-methyl/N-ethyl adjacent to an activating group) is 1. The third-order valence-corrected chi connectivity index (χ3v) is 4.10. The van der Waals surface area contributed by atoms with Gasteiger partial charge in [0.2, 0.25) is 0 Å². The van der Waals surface area contributed by atoms with E-state index < -0.39 is 0 Å². The Morgan fingerprint density at radius 2 is 2.19 bits per heavy atom. The SMILES string of the molecule is Cc1cccc(C(=O)N(C)C(C)CO)c1I. The van der Waals surface area contributed by atoms with Crippen LogP contribution in [-0.4, -0.2) is 35.6 Å². The minimum absolute atomic E-state index is 0.0232. The molecule has 0 radical (unpaired) electrons. The maximum absolute atomic E-state index is 12.1. The van der Waals surface area contributed by atoms with Gasteiger partial charge in [-0.05, 0) is 48.1 Å². The Labute approximate surface area is 110 Å². The summed E-state index contributed by atoms with van der Waals surface area (Å²) in [4.78, 5) is 13.7. The highest BCUT2D eigenvalue weighted by Crippen LogP contribution is 2.18. The van der Waals surface area contributed by atoms with Crippen molar-refractivity contribution in [3.63, 3.8) is 0 Å². The summed E-state index contributed by atoms with van der Waals surface area (Å²) in [6.45, 7) is 3.78. The molecule has 0 aliphatic heterocycles. The second-order valence-corrected chi connectivity index (χ2v) is 4.96. The standard InChI is InChI=1S/C12H16INO2/c1-8-5-4-6-10(11(8)13)12(16)14(3)9(2)7-15/h4-6,9,15H,7H2,1-3H3. The zero-order chi connectivity index (χ0) is 12.3. The van der Waals surface area contributed by atoms with Gasteiger partial charge in [-0.1, -0.05) is 12.1 Å². The van der Waals surface area contributed by atoms with Crippen LogP contribution in [0.25, 0.3) is 0 Å². The first-order chi connectivity index (χ1) is 7.49. The van der Waals surface area contributed by atoms with E-state index >= 15 is 0 Å². The predicted octanol–water partition coefficient (Wildman–Crippen LogP) is 2.05. The summed E-state index contributed by atoms with van der Waals surface area (Å²) in [7, 11) is 1.71. The van der Waals surface area contributed by atoms with Crippen LogP contribution in [0.1, 0.15) is 22.8 Å². The number of carbonyl (C=O) groups is 1. The molecule has 1 aromatic carbocycles. The lowest BCUT2D eigenvalue weighted by atomic mass is 10.1. The van der Waals surface area contributed by atoms with Crippen LogP contribution in [0.2, 0.25) is 0 Å². The van der Waals surface area contributed by atoms with Crippen molar-refractivity contribution in [1.82, 2.24) is 4.90 Å². The van der Waals surface area contributed by atoms with E-state index in [1.54, 1.807) is 11.9 Å². The molecule has 0 aliphatic rings. The summed E-state index contributed by atoms with van der Waals surface area (Å²) >= 11 is 2.18. The van der Waals surface area contributed by atoms with Crippen LogP contribution < -0.4 is 0 Å². The summed E-state index contributed by atoms with van der Waals surface area (Å²) in [6, 6.07) is 5.51. The predicted molar refractivity (Wildman–Crippen MR) is 72.5 cm³/mol. The molecule has 0 bridgehead atoms. The van der Waals surface area contributed by atoms with E-state index in [2.05, 4.69) is 22.6 Å². The molecule has 4 heteroatoms. The van der Waals surface area contributed by atoms with Crippen molar-refractivity contribution in [3.05, 3.63) is 32.9 Å². The van der Waals surface area contributed by atoms with E-state index in [-0.39, 0.29) is 18.6 Å². The van der Waals surface area contributed by atoms with Crippen molar-refractivity contribution in [2.45, 2.75) is 19.9 Å². The van der Waals surface area contributed by atoms with Gasteiger partial charge in [0.15, 0.2) is 0 Å². The van der Waals surface area contributed by atoms with E-state index in [1.807, 2.05) is 32.0 Å². The zero-order valence-corrected chi connectivity index (χ0v) is 11.9. The van der Waals surface area contributed by atoms with Crippen molar-refractivity contribution in [3.8, 4) is 0 Å². The van der Waals surface area contributed by atoms with Gasteiger partial charge >= 0.3 is 0 Å². The summed E-state index contributed by atoms with van der Waals surface area (Å²) < 4.78 is 0.974. The molecule has 1 N–H and O–H groups in total. The van der Waals surface area contributed by atoms with Crippen LogP contribution in [0.3, 0.4) is 0 Å². The lowest BCUT2D eigenvalue weighted by molar-refractivity contribution is 0.0681. The van der Waals surface area contributed by atoms with E-state index in [1.165, 1.54) is 0 Å². The Morgan fingerprint density at radius 1 is 1.56 bits per heavy atom. The van der Waals surface area contributed by atoms with Crippen LogP contribution in [-0.2, 0) is 0 Å². The molecule has 16 heavy (non-hydrogen) atoms. The molecular formula is C12H16INO2. The number of hydrogen-bond donors (Lipinski definition) is 1. The maximum Gasteiger partial charge on any atom is 0.254 e. The molecule has 3 nitrogen and oxygen atoms in total. The Kier molecular flexibility index (Phi) is 4.73. The highest BCUT2D eigenvalue weighted by molar-refractivity contribution is 14.1. The molecule has 0 aliphatic carbocycles. The van der Waals surface area contributed by atoms with E-state index in [0.29, 0.717) is 5.56 Å². The first-order valence-corrected chi connectivity index (χ1v) is 6.20. The topological polar surface area (TPSA) is 40.5 Å². The summed E-state index contributed by atoms with van der Waals surface area (Å²) in [5.74, 6) is -0.0466. The first kappa shape index (κ1) is 13.4. The highest BCUT2D eigenvalue weighted by atomic mass is 127. The van der Waals surface area contributed by atoms with Gasteiger partial charge in [-0.25, -0.2) is 0 Å². The third-order valence-electron chi connectivity index (χ3n) is 2.67. The van der Waals surface area contributed by atoms with Gasteiger partial charge in [0.05, 0.1) is 18.2 Å². The van der Waals surface area contributed by atoms with Crippen molar-refractivity contribution >= 4 is 28.5 Å². The number of aliphatic hydroxyl groups is 1. The van der Waals surface area contributed by atoms with Crippen LogP contribution in [0.4, 0.5) is 0 Å². The van der Waals surface area contributed by atoms with E-state index in [0.717, 1.165) is 9.13 Å². The van der Waals surface area contributed by atoms with E-state index in [4.69, 9.17) is 5.11 Å². The number of rotatable bonds is 3. The number of benzene rings is 1. The van der Waals surface area contributed by atoms with E-state index in [9.17, 15) is 4.79 Å². The molecule has 0 spiro atoms. The van der Waals surface area contributed by atoms with Gasteiger partial charge in [0.25, 0.3) is 5.91 Å². The lowest BCUT2D eigenvalue weighted by Gasteiger charge is -2.23. The van der Waals surface area contributed by atoms with Crippen molar-refractivity contribution in [2.24, 2.45) is 0 Å². The summed E-state index contributed by atoms with van der Waals surface area (Å²) in [5.41, 5.74) is 1.79. The van der Waals surface area contributed by atoms with Crippen molar-refractivity contribution in [2.75, 3.05) is 13.7 Å². The quantitative estimate of drug-likeness (QED) is 0.860. The fraction of sp³-hybridized carbons (Fsp3) is 0.417. The highest BCUT2D eigenvalue weighted by Gasteiger charge is 2.19. The molecule has 1 aromatic rings. The van der Waals surface area contributed by atoms with Gasteiger partial charge in [-0.15, -0.1) is 0 Å². The smallest absolute Gasteiger partial charge is 0.254 e. The van der Waals surface area contributed by atoms with Gasteiger partial charge in [-0.2, -0.15) is 0 Å². The Bertz CT molecular complexity index is 393. The number of halogens is 1. The van der Waals surface area contributed by atoms with Gasteiger partial charge in [0, 0.05) is 10.6 Å². The minimum Gasteiger partial charge on any atom is -0.394 e. The molecule has 1 unspecified atom stereocenters. The largest absolute Gasteiger partial charge is 0.394 e. The average Bonchev–Trinajstić information content (AvgIpc) is 2.29. The van der Waals surface area contributed by atoms with Crippen LogP contribution in [0.5, 0.6) is 0 Å². The van der Waals surface area contributed by atoms with Gasteiger partial charge in [-0.3, -0.25) is 4.79 Å². The second-order valence-electron chi connectivity index (χ2n) is 3.88. The summed E-state index contributed by atoms with van der Waals surface area (Å²) in [6.07, 6.45) is 0. The molecule has 0 saturated heterocycles. The number of carbonyl (C=O) groups excluding carboxylic acids is 1. The second kappa shape index (κ2) is 5.63. The van der Waals surface area contributed by atoms with Gasteiger partial charge in [0.1, 0.15) is 0 Å². The Morgan fingerprint density at radius 3 is 2.75 bits per heavy atom. The fourth-order valence-corrected chi connectivity index (χ4v) is 1.92. The molecule has 1 atom stereocenters. The number of aryl methyl sites for hydroxylation is 1. The first-order valence-electron chi connectivity index (χ1n) is 5.12. The number of amides is 1. The molecule has 1 rings (SSSR count). The number of nitrogens with zero attached hydrogens (tertiary/aromatic N) is 1. The Hall–Kier alpha value is -0.620. The molecule has 0 heterocycles. The molecule has 0 fully saturated rings. The lowest BCUT2D eigenvalue weighted by Crippen LogP contribution is -2.37. The molecule has 0 saturated carbocycles. The van der Waals surface area contributed by atoms with Crippen LogP contribution >= 0.6 is 22.6 Å². The minimum atomic E-state index is -0.163. The monoisotopic (exact) mass is 333 g/mol. The van der Waals surface area contributed by atoms with Crippen LogP contribution in [0.15, 0.2) is 18.2 Å². The number of hydrogen-bond acceptors (Lipinski definition) is 2. The average molecular weight is 333 g/mol. The maximum atomic E-state index is 12.1. The molecule has 1 amide bonds. The molecule has 0 aromatic heterocycles. The molecular weight excluding hydrogens is 317 g/mol. The fourth-order valence-electron chi connectivity index (χ4n) is 1.33. The third kappa shape index (κ3) is 2.74. The normalized spacial score (nSPS) is 12.3. The zero-order valence-electron chi connectivity index (χ0n) is 9.70. The van der Waals surface area contributed by atoms with Crippen molar-refractivity contribution < 1.29 is 9.90 Å². The molecule has 88 valence electrons. The summed E-state index contributed by atoms with van der Waals surface area (Å²) in [5, 5.41) is 9.03. The van der Waals surface area contributed by atoms with Crippen molar-refractivity contribution in [1.29, 1.82) is 0 Å². The Balaban J connectivity index is 3.01. The number of aliphatic hydroxyl groups excluding tert-OH is 1. The van der Waals surface area contributed by atoms with Crippen LogP contribution in [0, 0.1) is 10.5 Å². The van der Waals surface area contributed by atoms with Gasteiger partial charge < -0.3 is 10.0 Å².